The van der Waals surface area contributed by atoms with Crippen molar-refractivity contribution >= 4 is 5.91 Å². The van der Waals surface area contributed by atoms with Crippen LogP contribution < -0.4 is 5.54 Å². The maximum Gasteiger partial charge on any atom is 0.299 e. The van der Waals surface area contributed by atoms with Crippen molar-refractivity contribution in [2.24, 2.45) is 0 Å². The minimum Gasteiger partial charge on any atom is -0.265 e. The lowest BCUT2D eigenvalue weighted by molar-refractivity contribution is 0.0853. The van der Waals surface area contributed by atoms with Crippen LogP contribution in [-0.4, -0.2) is 15.9 Å². The molecule has 0 radical (unpaired) electrons. The molecule has 0 fully saturated rings. The molecule has 1 aromatic rings. The number of amides is 1. The SMILES string of the molecule is Cc1cnc(C(=O)NF)cn1. The minimum atomic E-state index is -0.877. The lowest BCUT2D eigenvalue weighted by Crippen LogP contribution is -2.15. The summed E-state index contributed by atoms with van der Waals surface area (Å²) in [6.45, 7) is 1.73. The van der Waals surface area contributed by atoms with Gasteiger partial charge in [0.15, 0.2) is 0 Å². The van der Waals surface area contributed by atoms with Gasteiger partial charge in [-0.3, -0.25) is 9.78 Å². The van der Waals surface area contributed by atoms with Crippen molar-refractivity contribution in [3.8, 4) is 0 Å². The van der Waals surface area contributed by atoms with Crippen LogP contribution in [0.3, 0.4) is 0 Å². The average Bonchev–Trinajstić information content (AvgIpc) is 2.05. The number of carbonyl (C=O) groups is 1. The van der Waals surface area contributed by atoms with E-state index in [9.17, 15) is 9.28 Å². The second-order valence-electron chi connectivity index (χ2n) is 1.97. The zero-order valence-corrected chi connectivity index (χ0v) is 5.84. The first-order chi connectivity index (χ1) is 5.24. The molecule has 5 heteroatoms. The van der Waals surface area contributed by atoms with Gasteiger partial charge in [0.05, 0.1) is 11.9 Å². The molecule has 11 heavy (non-hydrogen) atoms. The third-order valence-electron chi connectivity index (χ3n) is 1.10. The van der Waals surface area contributed by atoms with E-state index in [0.29, 0.717) is 5.69 Å². The molecule has 4 nitrogen and oxygen atoms in total. The van der Waals surface area contributed by atoms with Crippen LogP contribution in [0.2, 0.25) is 0 Å². The molecule has 1 N–H and O–H groups in total. The van der Waals surface area contributed by atoms with Gasteiger partial charge in [0.25, 0.3) is 5.91 Å². The summed E-state index contributed by atoms with van der Waals surface area (Å²) >= 11 is 0. The maximum atomic E-state index is 11.5. The van der Waals surface area contributed by atoms with Gasteiger partial charge in [0.1, 0.15) is 5.69 Å². The van der Waals surface area contributed by atoms with E-state index in [4.69, 9.17) is 0 Å². The molecule has 1 heterocycles. The van der Waals surface area contributed by atoms with Gasteiger partial charge in [-0.2, -0.15) is 5.54 Å². The summed E-state index contributed by atoms with van der Waals surface area (Å²) in [5.41, 5.74) is 1.61. The molecule has 0 spiro atoms. The molecule has 1 aromatic heterocycles. The van der Waals surface area contributed by atoms with Crippen LogP contribution >= 0.6 is 0 Å². The Morgan fingerprint density at radius 2 is 2.27 bits per heavy atom. The summed E-state index contributed by atoms with van der Waals surface area (Å²) in [6.07, 6.45) is 2.61. The Labute approximate surface area is 62.4 Å². The second kappa shape index (κ2) is 3.05. The third-order valence-corrected chi connectivity index (χ3v) is 1.10. The first-order valence-electron chi connectivity index (χ1n) is 2.93. The van der Waals surface area contributed by atoms with Crippen molar-refractivity contribution < 1.29 is 9.28 Å². The molecule has 0 aliphatic heterocycles. The van der Waals surface area contributed by atoms with Gasteiger partial charge in [-0.1, -0.05) is 4.48 Å². The predicted octanol–water partition coefficient (Wildman–Crippen LogP) is 0.399. The number of hydrogen-bond donors (Lipinski definition) is 1. The van der Waals surface area contributed by atoms with Crippen LogP contribution in [0.1, 0.15) is 16.2 Å². The van der Waals surface area contributed by atoms with Gasteiger partial charge in [-0.25, -0.2) is 4.98 Å². The van der Waals surface area contributed by atoms with Crippen molar-refractivity contribution in [2.75, 3.05) is 0 Å². The lowest BCUT2D eigenvalue weighted by atomic mass is 10.4. The normalized spacial score (nSPS) is 9.27. The van der Waals surface area contributed by atoms with Crippen LogP contribution in [0, 0.1) is 6.92 Å². The smallest absolute Gasteiger partial charge is 0.265 e. The Hall–Kier alpha value is -1.52. The zero-order valence-electron chi connectivity index (χ0n) is 5.84. The molecule has 1 rings (SSSR count). The predicted molar refractivity (Wildman–Crippen MR) is 35.3 cm³/mol. The number of aryl methyl sites for hydroxylation is 1. The fourth-order valence-electron chi connectivity index (χ4n) is 0.558. The molecule has 0 bridgehead atoms. The van der Waals surface area contributed by atoms with E-state index in [-0.39, 0.29) is 5.69 Å². The Morgan fingerprint density at radius 3 is 2.73 bits per heavy atom. The number of halogens is 1. The summed E-state index contributed by atoms with van der Waals surface area (Å²) in [5.74, 6) is -0.877. The Morgan fingerprint density at radius 1 is 1.55 bits per heavy atom. The highest BCUT2D eigenvalue weighted by Gasteiger charge is 2.04. The zero-order chi connectivity index (χ0) is 8.27. The molecule has 0 atom stereocenters. The molecular formula is C6H6FN3O. The third kappa shape index (κ3) is 1.70. The Balaban J connectivity index is 2.90. The lowest BCUT2D eigenvalue weighted by Gasteiger charge is -1.94. The first kappa shape index (κ1) is 7.59. The highest BCUT2D eigenvalue weighted by molar-refractivity contribution is 5.90. The number of carbonyl (C=O) groups excluding carboxylic acids is 1. The number of nitrogens with zero attached hydrogens (tertiary/aromatic N) is 2. The van der Waals surface area contributed by atoms with E-state index in [1.807, 2.05) is 0 Å². The number of hydrogen-bond acceptors (Lipinski definition) is 3. The van der Waals surface area contributed by atoms with Crippen molar-refractivity contribution in [3.63, 3.8) is 0 Å². The van der Waals surface area contributed by atoms with Gasteiger partial charge in [-0.05, 0) is 6.92 Å². The second-order valence-corrected chi connectivity index (χ2v) is 1.97. The summed E-state index contributed by atoms with van der Waals surface area (Å²) in [7, 11) is 0. The van der Waals surface area contributed by atoms with Gasteiger partial charge in [-0.15, -0.1) is 0 Å². The molecule has 0 aromatic carbocycles. The Kier molecular flexibility index (Phi) is 2.10. The standard InChI is InChI=1S/C6H6FN3O/c1-4-2-9-5(3-8-4)6(11)10-7/h2-3H,1H3,(H,10,11). The van der Waals surface area contributed by atoms with Crippen molar-refractivity contribution in [2.45, 2.75) is 6.92 Å². The van der Waals surface area contributed by atoms with Gasteiger partial charge in [0.2, 0.25) is 0 Å². The maximum absolute atomic E-state index is 11.5. The molecule has 0 aliphatic carbocycles. The van der Waals surface area contributed by atoms with Crippen LogP contribution in [0.4, 0.5) is 4.48 Å². The topological polar surface area (TPSA) is 54.9 Å². The molecule has 58 valence electrons. The minimum absolute atomic E-state index is 0.0295. The van der Waals surface area contributed by atoms with E-state index in [1.165, 1.54) is 12.4 Å². The van der Waals surface area contributed by atoms with Gasteiger partial charge < -0.3 is 0 Å². The summed E-state index contributed by atoms with van der Waals surface area (Å²) in [5, 5.41) is 0. The van der Waals surface area contributed by atoms with Crippen LogP contribution in [0.15, 0.2) is 12.4 Å². The van der Waals surface area contributed by atoms with E-state index in [0.717, 1.165) is 5.54 Å². The fourth-order valence-corrected chi connectivity index (χ4v) is 0.558. The van der Waals surface area contributed by atoms with E-state index in [2.05, 4.69) is 9.97 Å². The van der Waals surface area contributed by atoms with Gasteiger partial charge >= 0.3 is 0 Å². The number of nitrogens with one attached hydrogen (secondary N) is 1. The largest absolute Gasteiger partial charge is 0.299 e. The van der Waals surface area contributed by atoms with Crippen LogP contribution in [0.5, 0.6) is 0 Å². The monoisotopic (exact) mass is 155 g/mol. The van der Waals surface area contributed by atoms with E-state index >= 15 is 0 Å². The average molecular weight is 155 g/mol. The van der Waals surface area contributed by atoms with Gasteiger partial charge in [0, 0.05) is 6.20 Å². The summed E-state index contributed by atoms with van der Waals surface area (Å²) < 4.78 is 11.5. The molecular weight excluding hydrogens is 149 g/mol. The molecule has 0 saturated heterocycles. The van der Waals surface area contributed by atoms with Crippen molar-refractivity contribution in [3.05, 3.63) is 23.8 Å². The van der Waals surface area contributed by atoms with Crippen molar-refractivity contribution in [1.82, 2.24) is 15.5 Å². The molecule has 0 saturated carbocycles. The number of rotatable bonds is 1. The fraction of sp³-hybridized carbons (Fsp3) is 0.167. The Bertz CT molecular complexity index is 259. The number of aromatic nitrogens is 2. The summed E-state index contributed by atoms with van der Waals surface area (Å²) in [6, 6.07) is 0. The molecule has 0 unspecified atom stereocenters. The van der Waals surface area contributed by atoms with Crippen LogP contribution in [0.25, 0.3) is 0 Å². The van der Waals surface area contributed by atoms with Crippen molar-refractivity contribution in [1.29, 1.82) is 0 Å². The molecule has 0 aliphatic rings. The van der Waals surface area contributed by atoms with Crippen LogP contribution in [-0.2, 0) is 0 Å². The van der Waals surface area contributed by atoms with E-state index < -0.39 is 5.91 Å². The van der Waals surface area contributed by atoms with E-state index in [1.54, 1.807) is 6.92 Å². The first-order valence-corrected chi connectivity index (χ1v) is 2.93. The highest BCUT2D eigenvalue weighted by Crippen LogP contribution is 1.92. The summed E-state index contributed by atoms with van der Waals surface area (Å²) in [4.78, 5) is 17.9. The highest BCUT2D eigenvalue weighted by atomic mass is 19.2. The quantitative estimate of drug-likeness (QED) is 0.597. The molecule has 1 amide bonds.